The zero-order chi connectivity index (χ0) is 24.0. The van der Waals surface area contributed by atoms with Crippen molar-refractivity contribution in [3.8, 4) is 0 Å². The van der Waals surface area contributed by atoms with Crippen LogP contribution in [0.2, 0.25) is 0 Å². The van der Waals surface area contributed by atoms with Gasteiger partial charge in [0, 0.05) is 24.3 Å². The number of quaternary nitrogens is 1. The Morgan fingerprint density at radius 2 is 1.66 bits per heavy atom. The zero-order valence-electron chi connectivity index (χ0n) is 20.8. The molecule has 1 aromatic heterocycles. The Morgan fingerprint density at radius 3 is 2.31 bits per heavy atom. The number of rotatable bonds is 10. The Hall–Kier alpha value is -2.47. The maximum absolute atomic E-state index is 12.4. The number of benzene rings is 2. The third kappa shape index (κ3) is 6.60. The Morgan fingerprint density at radius 1 is 1.03 bits per heavy atom. The van der Waals surface area contributed by atoms with E-state index in [4.69, 9.17) is 4.42 Å². The first-order chi connectivity index (χ1) is 16.4. The average molecular weight is 497 g/mol. The van der Waals surface area contributed by atoms with Gasteiger partial charge < -0.3 is 26.4 Å². The van der Waals surface area contributed by atoms with Crippen molar-refractivity contribution in [1.29, 1.82) is 0 Å². The van der Waals surface area contributed by atoms with Crippen LogP contribution in [0.4, 0.5) is 0 Å². The molecule has 0 bridgehead atoms. The van der Waals surface area contributed by atoms with E-state index in [0.29, 0.717) is 23.3 Å². The summed E-state index contributed by atoms with van der Waals surface area (Å²) in [6.45, 7) is 1.50. The van der Waals surface area contributed by atoms with Crippen molar-refractivity contribution in [3.63, 3.8) is 0 Å². The topological polar surface area (TPSA) is 63.3 Å². The number of aromatic nitrogens is 1. The molecule has 1 saturated carbocycles. The fourth-order valence-corrected chi connectivity index (χ4v) is 5.24. The Labute approximate surface area is 215 Å². The summed E-state index contributed by atoms with van der Waals surface area (Å²) in [5.41, 5.74) is 0.415. The van der Waals surface area contributed by atoms with Crippen LogP contribution in [0.5, 0.6) is 0 Å². The molecule has 4 rings (SSSR count). The van der Waals surface area contributed by atoms with E-state index in [-0.39, 0.29) is 24.1 Å². The standard InChI is InChI=1S/C29H37N2O3.ClH/c1-31(2,20-12-19-27(32)23-13-6-3-7-14-23)22-26-21-30-28(34-26)29(33,24-15-8-4-9-16-24)25-17-10-5-11-18-25;/h3-4,6-9,13-16,21,25,33H,5,10-12,17-20,22H2,1-2H3;1H/q+1;/p-1/t29-;/m0./s1. The van der Waals surface area contributed by atoms with Gasteiger partial charge in [0.1, 0.15) is 6.54 Å². The molecule has 0 radical (unpaired) electrons. The molecule has 1 heterocycles. The highest BCUT2D eigenvalue weighted by atomic mass is 35.5. The smallest absolute Gasteiger partial charge is 0.231 e. The maximum Gasteiger partial charge on any atom is 0.231 e. The van der Waals surface area contributed by atoms with Gasteiger partial charge >= 0.3 is 0 Å². The van der Waals surface area contributed by atoms with Gasteiger partial charge in [-0.05, 0) is 18.4 Å². The highest BCUT2D eigenvalue weighted by Crippen LogP contribution is 2.43. The summed E-state index contributed by atoms with van der Waals surface area (Å²) >= 11 is 0. The monoisotopic (exact) mass is 496 g/mol. The molecular weight excluding hydrogens is 460 g/mol. The largest absolute Gasteiger partial charge is 1.00 e. The first-order valence-electron chi connectivity index (χ1n) is 12.5. The van der Waals surface area contributed by atoms with Crippen LogP contribution in [0, 0.1) is 5.92 Å². The lowest BCUT2D eigenvalue weighted by molar-refractivity contribution is -0.904. The number of Topliss-reactive ketones (excluding diaryl/α,β-unsaturated/α-hetero) is 1. The summed E-state index contributed by atoms with van der Waals surface area (Å²) in [5, 5.41) is 12.0. The lowest BCUT2D eigenvalue weighted by Gasteiger charge is -2.36. The van der Waals surface area contributed by atoms with Gasteiger partial charge in [-0.15, -0.1) is 0 Å². The molecule has 1 atom stereocenters. The molecule has 5 nitrogen and oxygen atoms in total. The molecule has 0 saturated heterocycles. The molecule has 0 aliphatic heterocycles. The predicted octanol–water partition coefficient (Wildman–Crippen LogP) is 2.73. The Bertz CT molecular complexity index is 1060. The second-order valence-electron chi connectivity index (χ2n) is 10.3. The van der Waals surface area contributed by atoms with Crippen molar-refractivity contribution < 1.29 is 31.2 Å². The number of halogens is 1. The van der Waals surface area contributed by atoms with Crippen molar-refractivity contribution in [2.45, 2.75) is 57.1 Å². The molecule has 0 spiro atoms. The minimum Gasteiger partial charge on any atom is -1.00 e. The lowest BCUT2D eigenvalue weighted by atomic mass is 9.73. The maximum atomic E-state index is 12.4. The average Bonchev–Trinajstić information content (AvgIpc) is 3.33. The summed E-state index contributed by atoms with van der Waals surface area (Å²) in [7, 11) is 4.28. The van der Waals surface area contributed by atoms with Gasteiger partial charge in [0.2, 0.25) is 5.89 Å². The molecule has 2 aromatic carbocycles. The summed E-state index contributed by atoms with van der Waals surface area (Å²) < 4.78 is 6.93. The van der Waals surface area contributed by atoms with Crippen LogP contribution in [0.3, 0.4) is 0 Å². The van der Waals surface area contributed by atoms with E-state index in [0.717, 1.165) is 55.5 Å². The van der Waals surface area contributed by atoms with E-state index in [1.165, 1.54) is 6.42 Å². The van der Waals surface area contributed by atoms with Gasteiger partial charge in [-0.3, -0.25) is 4.79 Å². The molecule has 1 aliphatic carbocycles. The van der Waals surface area contributed by atoms with Crippen LogP contribution in [-0.4, -0.2) is 41.0 Å². The molecule has 1 fully saturated rings. The molecule has 35 heavy (non-hydrogen) atoms. The second-order valence-corrected chi connectivity index (χ2v) is 10.3. The highest BCUT2D eigenvalue weighted by molar-refractivity contribution is 5.95. The van der Waals surface area contributed by atoms with Crippen LogP contribution in [0.1, 0.15) is 72.5 Å². The second kappa shape index (κ2) is 12.0. The lowest BCUT2D eigenvalue weighted by Crippen LogP contribution is -3.00. The number of hydrogen-bond acceptors (Lipinski definition) is 4. The Kier molecular flexibility index (Phi) is 9.28. The van der Waals surface area contributed by atoms with Crippen molar-refractivity contribution in [2.24, 2.45) is 5.92 Å². The fourth-order valence-electron chi connectivity index (χ4n) is 5.24. The first kappa shape index (κ1) is 27.1. The van der Waals surface area contributed by atoms with Crippen LogP contribution >= 0.6 is 0 Å². The molecule has 1 aliphatic rings. The van der Waals surface area contributed by atoms with Crippen LogP contribution < -0.4 is 12.4 Å². The van der Waals surface area contributed by atoms with Gasteiger partial charge in [0.05, 0.1) is 26.8 Å². The number of oxazole rings is 1. The number of ketones is 1. The van der Waals surface area contributed by atoms with Gasteiger partial charge in [0.25, 0.3) is 0 Å². The first-order valence-corrected chi connectivity index (χ1v) is 12.5. The van der Waals surface area contributed by atoms with E-state index >= 15 is 0 Å². The summed E-state index contributed by atoms with van der Waals surface area (Å²) in [5.74, 6) is 1.45. The number of nitrogens with zero attached hydrogens (tertiary/aromatic N) is 2. The molecule has 188 valence electrons. The van der Waals surface area contributed by atoms with Crippen molar-refractivity contribution in [2.75, 3.05) is 20.6 Å². The van der Waals surface area contributed by atoms with Gasteiger partial charge in [-0.25, -0.2) is 4.98 Å². The summed E-state index contributed by atoms with van der Waals surface area (Å²) in [4.78, 5) is 17.0. The summed E-state index contributed by atoms with van der Waals surface area (Å²) in [6.07, 6.45) is 8.51. The molecular formula is C29H37ClN2O3. The van der Waals surface area contributed by atoms with Gasteiger partial charge in [-0.2, -0.15) is 0 Å². The third-order valence-electron chi connectivity index (χ3n) is 7.14. The molecule has 0 amide bonds. The van der Waals surface area contributed by atoms with Gasteiger partial charge in [-0.1, -0.05) is 79.9 Å². The number of aliphatic hydroxyl groups is 1. The zero-order valence-corrected chi connectivity index (χ0v) is 21.6. The minimum atomic E-state index is -1.21. The van der Waals surface area contributed by atoms with Crippen LogP contribution in [0.25, 0.3) is 0 Å². The molecule has 1 N–H and O–H groups in total. The van der Waals surface area contributed by atoms with E-state index in [1.54, 1.807) is 6.20 Å². The van der Waals surface area contributed by atoms with E-state index in [9.17, 15) is 9.90 Å². The SMILES string of the molecule is C[N+](C)(CCCC(=O)c1ccccc1)Cc1cnc([C@](O)(c2ccccc2)C2CCCCC2)o1.[Cl-]. The quantitative estimate of drug-likeness (QED) is 0.346. The van der Waals surface area contributed by atoms with E-state index < -0.39 is 5.60 Å². The fraction of sp³-hybridized carbons (Fsp3) is 0.448. The Balaban J connectivity index is 0.00000342. The van der Waals surface area contributed by atoms with E-state index in [1.807, 2.05) is 60.7 Å². The number of carbonyl (C=O) groups is 1. The third-order valence-corrected chi connectivity index (χ3v) is 7.14. The summed E-state index contributed by atoms with van der Waals surface area (Å²) in [6, 6.07) is 19.3. The van der Waals surface area contributed by atoms with Gasteiger partial charge in [0.15, 0.2) is 17.1 Å². The van der Waals surface area contributed by atoms with Crippen molar-refractivity contribution in [1.82, 2.24) is 4.98 Å². The van der Waals surface area contributed by atoms with Crippen molar-refractivity contribution >= 4 is 5.78 Å². The molecule has 3 aromatic rings. The number of carbonyl (C=O) groups excluding carboxylic acids is 1. The predicted molar refractivity (Wildman–Crippen MR) is 133 cm³/mol. The van der Waals surface area contributed by atoms with E-state index in [2.05, 4.69) is 19.1 Å². The molecule has 0 unspecified atom stereocenters. The van der Waals surface area contributed by atoms with Crippen molar-refractivity contribution in [3.05, 3.63) is 89.6 Å². The minimum absolute atomic E-state index is 0. The number of hydrogen-bond donors (Lipinski definition) is 1. The van der Waals surface area contributed by atoms with Crippen LogP contribution in [0.15, 0.2) is 71.3 Å². The molecule has 6 heteroatoms. The highest BCUT2D eigenvalue weighted by Gasteiger charge is 2.44. The van der Waals surface area contributed by atoms with Crippen LogP contribution in [-0.2, 0) is 12.1 Å². The normalized spacial score (nSPS) is 16.3.